The first-order chi connectivity index (χ1) is 12.3. The average Bonchev–Trinajstić information content (AvgIpc) is 3.23. The van der Waals surface area contributed by atoms with E-state index in [4.69, 9.17) is 4.98 Å². The number of halogens is 1. The summed E-state index contributed by atoms with van der Waals surface area (Å²) in [5, 5.41) is 8.49. The fourth-order valence-corrected chi connectivity index (χ4v) is 3.20. The molecule has 25 heavy (non-hydrogen) atoms. The van der Waals surface area contributed by atoms with Crippen LogP contribution in [0.4, 0.5) is 4.39 Å². The quantitative estimate of drug-likeness (QED) is 0.510. The summed E-state index contributed by atoms with van der Waals surface area (Å²) in [6, 6.07) is 22.2. The van der Waals surface area contributed by atoms with Crippen LogP contribution in [0.5, 0.6) is 0 Å². The van der Waals surface area contributed by atoms with E-state index < -0.39 is 0 Å². The molecule has 0 bridgehead atoms. The number of aromatic nitrogens is 4. The maximum absolute atomic E-state index is 13.8. The number of hydrogen-bond acceptors (Lipinski definition) is 2. The molecule has 5 rings (SSSR count). The third-order valence-corrected chi connectivity index (χ3v) is 4.31. The fourth-order valence-electron chi connectivity index (χ4n) is 3.20. The molecule has 0 aliphatic heterocycles. The number of para-hydroxylation sites is 3. The Bertz CT molecular complexity index is 1220. The van der Waals surface area contributed by atoms with E-state index in [0.29, 0.717) is 5.82 Å². The van der Waals surface area contributed by atoms with Crippen molar-refractivity contribution in [3.8, 4) is 17.2 Å². The van der Waals surface area contributed by atoms with Gasteiger partial charge in [-0.15, -0.1) is 0 Å². The Balaban J connectivity index is 1.88. The van der Waals surface area contributed by atoms with Crippen LogP contribution >= 0.6 is 0 Å². The van der Waals surface area contributed by atoms with Crippen LogP contribution in [0, 0.1) is 5.82 Å². The highest BCUT2D eigenvalue weighted by Crippen LogP contribution is 2.31. The lowest BCUT2D eigenvalue weighted by molar-refractivity contribution is 0.627. The summed E-state index contributed by atoms with van der Waals surface area (Å²) in [6.45, 7) is 0. The van der Waals surface area contributed by atoms with E-state index in [1.54, 1.807) is 6.07 Å². The molecule has 2 heterocycles. The molecule has 1 N–H and O–H groups in total. The van der Waals surface area contributed by atoms with Gasteiger partial charge in [-0.05, 0) is 36.4 Å². The van der Waals surface area contributed by atoms with E-state index in [1.807, 2.05) is 59.2 Å². The lowest BCUT2D eigenvalue weighted by Gasteiger charge is -2.08. The van der Waals surface area contributed by atoms with Crippen molar-refractivity contribution < 1.29 is 4.39 Å². The Labute approximate surface area is 142 Å². The van der Waals surface area contributed by atoms with E-state index in [0.717, 1.165) is 33.3 Å². The van der Waals surface area contributed by atoms with Crippen molar-refractivity contribution in [3.63, 3.8) is 0 Å². The van der Waals surface area contributed by atoms with Gasteiger partial charge in [0, 0.05) is 5.39 Å². The Morgan fingerprint density at radius 1 is 0.880 bits per heavy atom. The molecule has 120 valence electrons. The molecule has 5 aromatic rings. The van der Waals surface area contributed by atoms with Gasteiger partial charge in [0.2, 0.25) is 0 Å². The topological polar surface area (TPSA) is 46.5 Å². The third kappa shape index (κ3) is 2.13. The first-order valence-electron chi connectivity index (χ1n) is 7.98. The summed E-state index contributed by atoms with van der Waals surface area (Å²) < 4.78 is 15.8. The van der Waals surface area contributed by atoms with E-state index in [2.05, 4.69) is 10.2 Å². The summed E-state index contributed by atoms with van der Waals surface area (Å²) in [5.74, 6) is 0.400. The first-order valence-corrected chi connectivity index (χ1v) is 7.98. The number of H-pyrrole nitrogens is 1. The molecule has 0 unspecified atom stereocenters. The highest BCUT2D eigenvalue weighted by molar-refractivity contribution is 5.94. The largest absolute Gasteiger partial charge is 0.291 e. The predicted molar refractivity (Wildman–Crippen MR) is 96.1 cm³/mol. The molecule has 0 aliphatic carbocycles. The Hall–Kier alpha value is -3.47. The lowest BCUT2D eigenvalue weighted by atomic mass is 10.2. The number of hydrogen-bond donors (Lipinski definition) is 1. The van der Waals surface area contributed by atoms with Gasteiger partial charge in [0.1, 0.15) is 11.5 Å². The summed E-state index contributed by atoms with van der Waals surface area (Å²) >= 11 is 0. The molecule has 5 heteroatoms. The molecule has 2 aromatic heterocycles. The second-order valence-electron chi connectivity index (χ2n) is 5.86. The van der Waals surface area contributed by atoms with Crippen LogP contribution in [0.1, 0.15) is 0 Å². The van der Waals surface area contributed by atoms with E-state index in [-0.39, 0.29) is 5.82 Å². The van der Waals surface area contributed by atoms with Gasteiger partial charge >= 0.3 is 0 Å². The number of nitrogens with zero attached hydrogens (tertiary/aromatic N) is 3. The summed E-state index contributed by atoms with van der Waals surface area (Å²) in [6.07, 6.45) is 0. The lowest BCUT2D eigenvalue weighted by Crippen LogP contribution is -1.98. The van der Waals surface area contributed by atoms with Crippen LogP contribution < -0.4 is 0 Å². The number of aromatic amines is 1. The number of nitrogens with one attached hydrogen (secondary N) is 1. The molecular weight excluding hydrogens is 315 g/mol. The number of benzene rings is 3. The van der Waals surface area contributed by atoms with Crippen molar-refractivity contribution >= 4 is 21.9 Å². The number of rotatable bonds is 2. The van der Waals surface area contributed by atoms with Crippen LogP contribution in [0.25, 0.3) is 39.1 Å². The zero-order valence-corrected chi connectivity index (χ0v) is 13.1. The zero-order valence-electron chi connectivity index (χ0n) is 13.1. The molecule has 0 aliphatic rings. The Morgan fingerprint density at radius 2 is 1.72 bits per heavy atom. The minimum absolute atomic E-state index is 0.284. The minimum atomic E-state index is -0.284. The molecule has 0 saturated heterocycles. The van der Waals surface area contributed by atoms with Gasteiger partial charge in [0.25, 0.3) is 0 Å². The summed E-state index contributed by atoms with van der Waals surface area (Å²) in [5.41, 5.74) is 4.16. The molecule has 0 fully saturated rings. The van der Waals surface area contributed by atoms with Crippen molar-refractivity contribution in [2.45, 2.75) is 0 Å². The van der Waals surface area contributed by atoms with Gasteiger partial charge < -0.3 is 0 Å². The molecule has 3 aromatic carbocycles. The highest BCUT2D eigenvalue weighted by Gasteiger charge is 2.18. The molecule has 0 radical (unpaired) electrons. The van der Waals surface area contributed by atoms with Crippen LogP contribution in [0.3, 0.4) is 0 Å². The van der Waals surface area contributed by atoms with E-state index in [9.17, 15) is 4.39 Å². The maximum Gasteiger partial charge on any atom is 0.166 e. The Kier molecular flexibility index (Phi) is 2.94. The normalized spacial score (nSPS) is 11.4. The average molecular weight is 328 g/mol. The Morgan fingerprint density at radius 3 is 2.64 bits per heavy atom. The van der Waals surface area contributed by atoms with Crippen LogP contribution in [-0.4, -0.2) is 19.7 Å². The van der Waals surface area contributed by atoms with Crippen molar-refractivity contribution in [1.29, 1.82) is 0 Å². The molecular formula is C20H13FN4. The number of imidazole rings is 1. The second kappa shape index (κ2) is 5.27. The van der Waals surface area contributed by atoms with E-state index in [1.165, 1.54) is 12.1 Å². The monoisotopic (exact) mass is 328 g/mol. The van der Waals surface area contributed by atoms with Crippen molar-refractivity contribution in [2.75, 3.05) is 0 Å². The van der Waals surface area contributed by atoms with Crippen molar-refractivity contribution in [3.05, 3.63) is 78.6 Å². The maximum atomic E-state index is 13.8. The standard InChI is InChI=1S/C20H13FN4/c21-13-6-5-7-14(12-13)25-18-11-4-3-10-17(18)22-20(25)19-15-8-1-2-9-16(15)23-24-19/h1-12H,(H,23,24). The van der Waals surface area contributed by atoms with Crippen LogP contribution in [-0.2, 0) is 0 Å². The van der Waals surface area contributed by atoms with Gasteiger partial charge in [-0.3, -0.25) is 9.67 Å². The van der Waals surface area contributed by atoms with Gasteiger partial charge in [-0.25, -0.2) is 9.37 Å². The minimum Gasteiger partial charge on any atom is -0.291 e. The number of fused-ring (bicyclic) bond motifs is 2. The van der Waals surface area contributed by atoms with Gasteiger partial charge in [0.15, 0.2) is 5.82 Å². The van der Waals surface area contributed by atoms with Gasteiger partial charge in [-0.1, -0.05) is 36.4 Å². The molecule has 4 nitrogen and oxygen atoms in total. The molecule has 0 amide bonds. The SMILES string of the molecule is Fc1cccc(-n2c(-c3n[nH]c4ccccc34)nc3ccccc32)c1. The predicted octanol–water partition coefficient (Wildman–Crippen LogP) is 4.71. The van der Waals surface area contributed by atoms with Gasteiger partial charge in [0.05, 0.1) is 22.2 Å². The first kappa shape index (κ1) is 13.9. The second-order valence-corrected chi connectivity index (χ2v) is 5.86. The zero-order chi connectivity index (χ0) is 16.8. The fraction of sp³-hybridized carbons (Fsp3) is 0. The summed E-state index contributed by atoms with van der Waals surface area (Å²) in [4.78, 5) is 4.77. The van der Waals surface area contributed by atoms with Gasteiger partial charge in [-0.2, -0.15) is 5.10 Å². The smallest absolute Gasteiger partial charge is 0.166 e. The molecule has 0 saturated carbocycles. The molecule has 0 atom stereocenters. The van der Waals surface area contributed by atoms with Crippen LogP contribution in [0.15, 0.2) is 72.8 Å². The van der Waals surface area contributed by atoms with Crippen molar-refractivity contribution in [1.82, 2.24) is 19.7 Å². The summed E-state index contributed by atoms with van der Waals surface area (Å²) in [7, 11) is 0. The molecule has 0 spiro atoms. The third-order valence-electron chi connectivity index (χ3n) is 4.31. The van der Waals surface area contributed by atoms with E-state index >= 15 is 0 Å². The van der Waals surface area contributed by atoms with Crippen molar-refractivity contribution in [2.24, 2.45) is 0 Å². The van der Waals surface area contributed by atoms with Crippen LogP contribution in [0.2, 0.25) is 0 Å². The highest BCUT2D eigenvalue weighted by atomic mass is 19.1.